The highest BCUT2D eigenvalue weighted by atomic mass is 35.5. The predicted octanol–water partition coefficient (Wildman–Crippen LogP) is 3.92. The quantitative estimate of drug-likeness (QED) is 0.769. The van der Waals surface area contributed by atoms with Gasteiger partial charge in [-0.2, -0.15) is 0 Å². The number of hydrogen-bond donors (Lipinski definition) is 0. The Balaban J connectivity index is 1.98. The third kappa shape index (κ3) is 2.84. The molecule has 0 fully saturated rings. The van der Waals surface area contributed by atoms with Crippen LogP contribution >= 0.6 is 22.9 Å². The summed E-state index contributed by atoms with van der Waals surface area (Å²) in [6.45, 7) is 0.411. The summed E-state index contributed by atoms with van der Waals surface area (Å²) in [5.41, 5.74) is 0.887. The second-order valence-corrected chi connectivity index (χ2v) is 6.56. The molecule has 0 saturated carbocycles. The van der Waals surface area contributed by atoms with E-state index in [2.05, 4.69) is 4.74 Å². The van der Waals surface area contributed by atoms with Gasteiger partial charge in [0.15, 0.2) is 0 Å². The molecular weight excluding hydrogens is 341 g/mol. The summed E-state index contributed by atoms with van der Waals surface area (Å²) in [5, 5.41) is 0.459. The van der Waals surface area contributed by atoms with Crippen LogP contribution in [0.1, 0.15) is 31.3 Å². The first kappa shape index (κ1) is 16.0. The van der Waals surface area contributed by atoms with Gasteiger partial charge >= 0.3 is 5.97 Å². The maximum atomic E-state index is 14.2. The summed E-state index contributed by atoms with van der Waals surface area (Å²) in [5.74, 6) is -1.31. The number of carbonyl (C=O) groups excluding carboxylic acids is 2. The number of rotatable bonds is 2. The second-order valence-electron chi connectivity index (χ2n) is 5.07. The highest BCUT2D eigenvalue weighted by Crippen LogP contribution is 2.36. The van der Waals surface area contributed by atoms with E-state index >= 15 is 0 Å². The van der Waals surface area contributed by atoms with Crippen molar-refractivity contribution in [2.45, 2.75) is 12.8 Å². The van der Waals surface area contributed by atoms with Gasteiger partial charge in [0.25, 0.3) is 5.91 Å². The first-order valence-corrected chi connectivity index (χ1v) is 8.19. The molecule has 2 heterocycles. The minimum absolute atomic E-state index is 0.238. The average Bonchev–Trinajstić information content (AvgIpc) is 3.06. The molecule has 1 aliphatic heterocycles. The molecule has 7 heteroatoms. The van der Waals surface area contributed by atoms with Crippen LogP contribution in [0.2, 0.25) is 5.02 Å². The fourth-order valence-electron chi connectivity index (χ4n) is 2.64. The van der Waals surface area contributed by atoms with Crippen molar-refractivity contribution in [1.29, 1.82) is 0 Å². The van der Waals surface area contributed by atoms with Crippen LogP contribution < -0.4 is 4.90 Å². The van der Waals surface area contributed by atoms with Crippen LogP contribution in [0.3, 0.4) is 0 Å². The number of esters is 1. The van der Waals surface area contributed by atoms with Gasteiger partial charge in [0.05, 0.1) is 17.7 Å². The Morgan fingerprint density at radius 2 is 2.00 bits per heavy atom. The molecule has 0 spiro atoms. The molecule has 1 amide bonds. The molecule has 3 rings (SSSR count). The molecule has 120 valence electrons. The second kappa shape index (κ2) is 6.29. The standard InChI is InChI=1S/C16H13ClFNO3S/c1-22-16(21)13-7-6-12(23-13)15(20)19-8-2-3-9-10(17)4-5-11(18)14(9)19/h4-7H,2-3,8H2,1H3. The van der Waals surface area contributed by atoms with Crippen molar-refractivity contribution in [2.75, 3.05) is 18.6 Å². The van der Waals surface area contributed by atoms with Crippen molar-refractivity contribution in [3.05, 3.63) is 50.4 Å². The third-order valence-corrected chi connectivity index (χ3v) is 5.11. The number of fused-ring (bicyclic) bond motifs is 1. The minimum atomic E-state index is -0.498. The Morgan fingerprint density at radius 1 is 1.26 bits per heavy atom. The lowest BCUT2D eigenvalue weighted by Crippen LogP contribution is -2.36. The van der Waals surface area contributed by atoms with Crippen LogP contribution in [0.15, 0.2) is 24.3 Å². The van der Waals surface area contributed by atoms with Crippen molar-refractivity contribution in [2.24, 2.45) is 0 Å². The Kier molecular flexibility index (Phi) is 4.37. The number of ether oxygens (including phenoxy) is 1. The smallest absolute Gasteiger partial charge is 0.348 e. The van der Waals surface area contributed by atoms with Gasteiger partial charge < -0.3 is 9.64 Å². The van der Waals surface area contributed by atoms with Crippen molar-refractivity contribution >= 4 is 40.5 Å². The van der Waals surface area contributed by atoms with Gasteiger partial charge in [-0.3, -0.25) is 4.79 Å². The zero-order valence-corrected chi connectivity index (χ0v) is 13.8. The Bertz CT molecular complexity index is 790. The number of benzene rings is 1. The molecule has 0 saturated heterocycles. The Labute approximate surface area is 141 Å². The molecule has 0 bridgehead atoms. The van der Waals surface area contributed by atoms with E-state index in [1.165, 1.54) is 30.2 Å². The summed E-state index contributed by atoms with van der Waals surface area (Å²) in [7, 11) is 1.28. The van der Waals surface area contributed by atoms with Crippen molar-refractivity contribution in [3.63, 3.8) is 0 Å². The highest BCUT2D eigenvalue weighted by molar-refractivity contribution is 7.16. The molecule has 1 aromatic carbocycles. The van der Waals surface area contributed by atoms with Gasteiger partial charge in [0, 0.05) is 11.6 Å². The first-order valence-electron chi connectivity index (χ1n) is 7.00. The van der Waals surface area contributed by atoms with Crippen molar-refractivity contribution in [3.8, 4) is 0 Å². The van der Waals surface area contributed by atoms with E-state index in [1.807, 2.05) is 0 Å². The Morgan fingerprint density at radius 3 is 2.74 bits per heavy atom. The monoisotopic (exact) mass is 353 g/mol. The van der Waals surface area contributed by atoms with Gasteiger partial charge in [-0.15, -0.1) is 11.3 Å². The zero-order valence-electron chi connectivity index (χ0n) is 12.3. The van der Waals surface area contributed by atoms with Gasteiger partial charge in [0.2, 0.25) is 0 Å². The number of anilines is 1. The van der Waals surface area contributed by atoms with E-state index in [0.717, 1.165) is 11.3 Å². The SMILES string of the molecule is COC(=O)c1ccc(C(=O)N2CCCc3c(Cl)ccc(F)c32)s1. The number of carbonyl (C=O) groups is 2. The molecule has 23 heavy (non-hydrogen) atoms. The van der Waals surface area contributed by atoms with Crippen molar-refractivity contribution in [1.82, 2.24) is 0 Å². The normalized spacial score (nSPS) is 13.6. The molecule has 2 aromatic rings. The van der Waals surface area contributed by atoms with E-state index in [4.69, 9.17) is 11.6 Å². The molecule has 4 nitrogen and oxygen atoms in total. The summed E-state index contributed by atoms with van der Waals surface area (Å²) in [4.78, 5) is 26.3. The Hall–Kier alpha value is -1.92. The van der Waals surface area contributed by atoms with Crippen LogP contribution in [-0.4, -0.2) is 25.5 Å². The van der Waals surface area contributed by atoms with E-state index in [0.29, 0.717) is 39.7 Å². The predicted molar refractivity (Wildman–Crippen MR) is 87.1 cm³/mol. The zero-order chi connectivity index (χ0) is 16.6. The summed E-state index contributed by atoms with van der Waals surface area (Å²) in [6.07, 6.45) is 1.34. The average molecular weight is 354 g/mol. The largest absolute Gasteiger partial charge is 0.465 e. The number of halogens is 2. The topological polar surface area (TPSA) is 46.6 Å². The van der Waals surface area contributed by atoms with Gasteiger partial charge in [-0.05, 0) is 42.7 Å². The molecule has 0 radical (unpaired) electrons. The molecule has 0 aliphatic carbocycles. The molecule has 1 aliphatic rings. The third-order valence-electron chi connectivity index (χ3n) is 3.70. The van der Waals surface area contributed by atoms with E-state index in [-0.39, 0.29) is 11.6 Å². The number of hydrogen-bond acceptors (Lipinski definition) is 4. The molecule has 1 aromatic heterocycles. The molecule has 0 unspecified atom stereocenters. The molecular formula is C16H13ClFNO3S. The van der Waals surface area contributed by atoms with Gasteiger partial charge in [0.1, 0.15) is 10.7 Å². The summed E-state index contributed by atoms with van der Waals surface area (Å²) >= 11 is 7.16. The van der Waals surface area contributed by atoms with E-state index in [1.54, 1.807) is 6.07 Å². The first-order chi connectivity index (χ1) is 11.0. The van der Waals surface area contributed by atoms with Crippen LogP contribution in [0.25, 0.3) is 0 Å². The van der Waals surface area contributed by atoms with Gasteiger partial charge in [-0.1, -0.05) is 11.6 Å². The van der Waals surface area contributed by atoms with E-state index < -0.39 is 11.8 Å². The fraction of sp³-hybridized carbons (Fsp3) is 0.250. The number of amides is 1. The summed E-state index contributed by atoms with van der Waals surface area (Å²) in [6, 6.07) is 5.85. The number of methoxy groups -OCH3 is 1. The van der Waals surface area contributed by atoms with Gasteiger partial charge in [-0.25, -0.2) is 9.18 Å². The molecule has 0 N–H and O–H groups in total. The van der Waals surface area contributed by atoms with Crippen molar-refractivity contribution < 1.29 is 18.7 Å². The highest BCUT2D eigenvalue weighted by Gasteiger charge is 2.29. The van der Waals surface area contributed by atoms with Crippen LogP contribution in [0, 0.1) is 5.82 Å². The minimum Gasteiger partial charge on any atom is -0.465 e. The lowest BCUT2D eigenvalue weighted by molar-refractivity contribution is 0.0606. The lowest BCUT2D eigenvalue weighted by Gasteiger charge is -2.30. The summed E-state index contributed by atoms with van der Waals surface area (Å²) < 4.78 is 18.9. The molecule has 0 atom stereocenters. The van der Waals surface area contributed by atoms with Crippen LogP contribution in [0.4, 0.5) is 10.1 Å². The van der Waals surface area contributed by atoms with E-state index in [9.17, 15) is 14.0 Å². The number of thiophene rings is 1. The lowest BCUT2D eigenvalue weighted by atomic mass is 10.0. The van der Waals surface area contributed by atoms with Crippen LogP contribution in [0.5, 0.6) is 0 Å². The number of nitrogens with zero attached hydrogens (tertiary/aromatic N) is 1. The maximum Gasteiger partial charge on any atom is 0.348 e. The maximum absolute atomic E-state index is 14.2. The fourth-order valence-corrected chi connectivity index (χ4v) is 3.76. The van der Waals surface area contributed by atoms with Crippen LogP contribution in [-0.2, 0) is 11.2 Å².